The quantitative estimate of drug-likeness (QED) is 0.735. The van der Waals surface area contributed by atoms with Crippen LogP contribution < -0.4 is 5.73 Å². The van der Waals surface area contributed by atoms with Gasteiger partial charge in [0.1, 0.15) is 0 Å². The number of sulfonamides is 1. The number of nitrogens with zero attached hydrogens (tertiary/aromatic N) is 3. The van der Waals surface area contributed by atoms with Gasteiger partial charge in [-0.3, -0.25) is 4.79 Å². The number of piperidine rings is 1. The third-order valence-electron chi connectivity index (χ3n) is 3.55. The normalized spacial score (nSPS) is 19.5. The topological polar surface area (TPSA) is 140 Å². The van der Waals surface area contributed by atoms with Crippen molar-refractivity contribution in [2.75, 3.05) is 18.8 Å². The second-order valence-corrected chi connectivity index (χ2v) is 7.24. The van der Waals surface area contributed by atoms with Gasteiger partial charge in [-0.25, -0.2) is 12.7 Å². The Morgan fingerprint density at radius 1 is 1.48 bits per heavy atom. The van der Waals surface area contributed by atoms with E-state index in [0.29, 0.717) is 24.6 Å². The standard InChI is InChI=1S/C11H18N4O5S/c1-8-13-10(14-20-8)11(12)3-5-15(6-4-11)21(18,19)7-2-9(16)17/h2-7,12H2,1H3,(H,16,17). The van der Waals surface area contributed by atoms with E-state index in [0.717, 1.165) is 0 Å². The second kappa shape index (κ2) is 5.70. The van der Waals surface area contributed by atoms with E-state index < -0.39 is 33.7 Å². The number of hydrogen-bond acceptors (Lipinski definition) is 7. The Labute approximate surface area is 122 Å². The van der Waals surface area contributed by atoms with Crippen molar-refractivity contribution in [3.8, 4) is 0 Å². The lowest BCUT2D eigenvalue weighted by atomic mass is 9.89. The molecule has 2 heterocycles. The summed E-state index contributed by atoms with van der Waals surface area (Å²) in [4.78, 5) is 14.6. The van der Waals surface area contributed by atoms with Gasteiger partial charge in [-0.15, -0.1) is 0 Å². The first-order valence-corrected chi connectivity index (χ1v) is 8.13. The van der Waals surface area contributed by atoms with E-state index >= 15 is 0 Å². The van der Waals surface area contributed by atoms with Gasteiger partial charge >= 0.3 is 5.97 Å². The van der Waals surface area contributed by atoms with Crippen LogP contribution in [0.25, 0.3) is 0 Å². The molecule has 1 aromatic rings. The van der Waals surface area contributed by atoms with Gasteiger partial charge in [-0.05, 0) is 12.8 Å². The molecular formula is C11H18N4O5S. The third kappa shape index (κ3) is 3.57. The molecule has 0 aromatic carbocycles. The maximum absolute atomic E-state index is 12.0. The van der Waals surface area contributed by atoms with Gasteiger partial charge in [-0.2, -0.15) is 4.98 Å². The van der Waals surface area contributed by atoms with Crippen molar-refractivity contribution < 1.29 is 22.8 Å². The Morgan fingerprint density at radius 3 is 2.57 bits per heavy atom. The van der Waals surface area contributed by atoms with Crippen LogP contribution in [0.3, 0.4) is 0 Å². The molecule has 1 aliphatic heterocycles. The molecule has 10 heteroatoms. The summed E-state index contributed by atoms with van der Waals surface area (Å²) in [5, 5.41) is 12.4. The molecule has 0 aliphatic carbocycles. The fourth-order valence-corrected chi connectivity index (χ4v) is 3.66. The number of aliphatic carboxylic acids is 1. The van der Waals surface area contributed by atoms with Crippen molar-refractivity contribution in [2.24, 2.45) is 5.73 Å². The molecule has 21 heavy (non-hydrogen) atoms. The molecule has 2 rings (SSSR count). The molecule has 0 amide bonds. The van der Waals surface area contributed by atoms with E-state index in [1.54, 1.807) is 6.92 Å². The number of aryl methyl sites for hydroxylation is 1. The van der Waals surface area contributed by atoms with E-state index in [1.165, 1.54) is 4.31 Å². The van der Waals surface area contributed by atoms with Crippen LogP contribution in [0.2, 0.25) is 0 Å². The minimum atomic E-state index is -3.57. The molecule has 0 unspecified atom stereocenters. The lowest BCUT2D eigenvalue weighted by Gasteiger charge is -2.36. The molecule has 3 N–H and O–H groups in total. The molecular weight excluding hydrogens is 300 g/mol. The summed E-state index contributed by atoms with van der Waals surface area (Å²) < 4.78 is 30.2. The summed E-state index contributed by atoms with van der Waals surface area (Å²) in [6.45, 7) is 2.09. The third-order valence-corrected chi connectivity index (χ3v) is 5.43. The average Bonchev–Trinajstić information content (AvgIpc) is 2.85. The molecule has 118 valence electrons. The Balaban J connectivity index is 2.01. The zero-order chi connectivity index (χ0) is 15.7. The van der Waals surface area contributed by atoms with Crippen LogP contribution >= 0.6 is 0 Å². The molecule has 0 atom stereocenters. The average molecular weight is 318 g/mol. The first-order chi connectivity index (χ1) is 9.73. The molecule has 1 saturated heterocycles. The van der Waals surface area contributed by atoms with E-state index in [4.69, 9.17) is 15.4 Å². The van der Waals surface area contributed by atoms with Gasteiger partial charge in [-0.1, -0.05) is 5.16 Å². The van der Waals surface area contributed by atoms with Crippen molar-refractivity contribution in [3.05, 3.63) is 11.7 Å². The van der Waals surface area contributed by atoms with E-state index in [1.807, 2.05) is 0 Å². The van der Waals surface area contributed by atoms with Crippen LogP contribution in [0.15, 0.2) is 4.52 Å². The zero-order valence-electron chi connectivity index (χ0n) is 11.7. The molecule has 1 aliphatic rings. The maximum Gasteiger partial charge on any atom is 0.304 e. The Bertz CT molecular complexity index is 618. The summed E-state index contributed by atoms with van der Waals surface area (Å²) in [5.74, 6) is -0.749. The molecule has 0 radical (unpaired) electrons. The summed E-state index contributed by atoms with van der Waals surface area (Å²) in [5.41, 5.74) is 5.41. The van der Waals surface area contributed by atoms with Gasteiger partial charge in [0.2, 0.25) is 15.9 Å². The first-order valence-electron chi connectivity index (χ1n) is 6.52. The largest absolute Gasteiger partial charge is 0.481 e. The SMILES string of the molecule is Cc1nc(C2(N)CCN(S(=O)(=O)CCC(=O)O)CC2)no1. The Kier molecular flexibility index (Phi) is 4.30. The van der Waals surface area contributed by atoms with Gasteiger partial charge in [0.15, 0.2) is 5.82 Å². The highest BCUT2D eigenvalue weighted by atomic mass is 32.2. The fourth-order valence-electron chi connectivity index (χ4n) is 2.23. The van der Waals surface area contributed by atoms with Crippen LogP contribution in [-0.2, 0) is 20.4 Å². The number of carboxylic acids is 1. The maximum atomic E-state index is 12.0. The summed E-state index contributed by atoms with van der Waals surface area (Å²) in [7, 11) is -3.57. The van der Waals surface area contributed by atoms with E-state index in [2.05, 4.69) is 10.1 Å². The van der Waals surface area contributed by atoms with Crippen LogP contribution in [0, 0.1) is 6.92 Å². The highest BCUT2D eigenvalue weighted by Gasteiger charge is 2.39. The number of rotatable bonds is 5. The molecule has 0 bridgehead atoms. The Morgan fingerprint density at radius 2 is 2.10 bits per heavy atom. The monoisotopic (exact) mass is 318 g/mol. The number of nitrogens with two attached hydrogens (primary N) is 1. The van der Waals surface area contributed by atoms with E-state index in [9.17, 15) is 13.2 Å². The predicted molar refractivity (Wildman–Crippen MR) is 71.7 cm³/mol. The van der Waals surface area contributed by atoms with Crippen molar-refractivity contribution in [1.82, 2.24) is 14.4 Å². The van der Waals surface area contributed by atoms with Gasteiger partial charge < -0.3 is 15.4 Å². The first kappa shape index (κ1) is 15.9. The van der Waals surface area contributed by atoms with Gasteiger partial charge in [0, 0.05) is 20.0 Å². The van der Waals surface area contributed by atoms with Crippen molar-refractivity contribution in [2.45, 2.75) is 31.7 Å². The summed E-state index contributed by atoms with van der Waals surface area (Å²) in [6.07, 6.45) is 0.313. The molecule has 1 fully saturated rings. The van der Waals surface area contributed by atoms with Crippen LogP contribution in [0.1, 0.15) is 31.0 Å². The number of carbonyl (C=O) groups is 1. The minimum Gasteiger partial charge on any atom is -0.481 e. The lowest BCUT2D eigenvalue weighted by Crippen LogP contribution is -2.50. The fraction of sp³-hybridized carbons (Fsp3) is 0.727. The highest BCUT2D eigenvalue weighted by molar-refractivity contribution is 7.89. The van der Waals surface area contributed by atoms with Crippen molar-refractivity contribution in [1.29, 1.82) is 0 Å². The lowest BCUT2D eigenvalue weighted by molar-refractivity contribution is -0.136. The van der Waals surface area contributed by atoms with E-state index in [-0.39, 0.29) is 13.1 Å². The molecule has 0 saturated carbocycles. The number of aromatic nitrogens is 2. The zero-order valence-corrected chi connectivity index (χ0v) is 12.5. The molecule has 1 aromatic heterocycles. The Hall–Kier alpha value is -1.52. The number of hydrogen-bond donors (Lipinski definition) is 2. The van der Waals surface area contributed by atoms with Crippen LogP contribution in [0.5, 0.6) is 0 Å². The second-order valence-electron chi connectivity index (χ2n) is 5.15. The van der Waals surface area contributed by atoms with Crippen molar-refractivity contribution >= 4 is 16.0 Å². The molecule has 0 spiro atoms. The molecule has 9 nitrogen and oxygen atoms in total. The minimum absolute atomic E-state index is 0.214. The predicted octanol–water partition coefficient (Wildman–Crippen LogP) is -0.568. The summed E-state index contributed by atoms with van der Waals surface area (Å²) in [6, 6.07) is 0. The van der Waals surface area contributed by atoms with Gasteiger partial charge in [0.05, 0.1) is 17.7 Å². The smallest absolute Gasteiger partial charge is 0.304 e. The van der Waals surface area contributed by atoms with Crippen molar-refractivity contribution in [3.63, 3.8) is 0 Å². The van der Waals surface area contributed by atoms with Gasteiger partial charge in [0.25, 0.3) is 0 Å². The summed E-state index contributed by atoms with van der Waals surface area (Å²) >= 11 is 0. The van der Waals surface area contributed by atoms with Crippen LogP contribution in [0.4, 0.5) is 0 Å². The highest BCUT2D eigenvalue weighted by Crippen LogP contribution is 2.29. The number of carboxylic acid groups (broad SMARTS) is 1. The van der Waals surface area contributed by atoms with Crippen LogP contribution in [-0.4, -0.2) is 52.8 Å².